The topological polar surface area (TPSA) is 82.6 Å². The fourth-order valence-corrected chi connectivity index (χ4v) is 5.65. The molecule has 1 amide bonds. The summed E-state index contributed by atoms with van der Waals surface area (Å²) in [4.78, 5) is 20.2. The molecule has 1 N–H and O–H groups in total. The predicted octanol–water partition coefficient (Wildman–Crippen LogP) is 3.09. The molecule has 1 aliphatic heterocycles. The van der Waals surface area contributed by atoms with Gasteiger partial charge in [-0.05, 0) is 58.0 Å². The summed E-state index contributed by atoms with van der Waals surface area (Å²) in [5.41, 5.74) is 0.585. The second-order valence-electron chi connectivity index (χ2n) is 7.42. The van der Waals surface area contributed by atoms with Crippen molar-refractivity contribution < 1.29 is 13.2 Å². The molecule has 1 aliphatic rings. The van der Waals surface area contributed by atoms with Crippen LogP contribution in [-0.4, -0.2) is 54.7 Å². The largest absolute Gasteiger partial charge is 0.325 e. The molecule has 2 heterocycles. The minimum atomic E-state index is -3.46. The Bertz CT molecular complexity index is 935. The van der Waals surface area contributed by atoms with E-state index in [1.165, 1.54) is 0 Å². The summed E-state index contributed by atoms with van der Waals surface area (Å²) < 4.78 is 27.0. The Morgan fingerprint density at radius 3 is 2.48 bits per heavy atom. The van der Waals surface area contributed by atoms with Gasteiger partial charge in [0, 0.05) is 36.4 Å². The van der Waals surface area contributed by atoms with Gasteiger partial charge in [0.1, 0.15) is 0 Å². The Kier molecular flexibility index (Phi) is 7.05. The van der Waals surface area contributed by atoms with Crippen LogP contribution in [0.5, 0.6) is 0 Å². The zero-order chi connectivity index (χ0) is 21.0. The van der Waals surface area contributed by atoms with Crippen LogP contribution in [0.15, 0.2) is 35.4 Å². The van der Waals surface area contributed by atoms with E-state index in [0.29, 0.717) is 25.3 Å². The van der Waals surface area contributed by atoms with E-state index >= 15 is 0 Å². The average molecular weight is 437 g/mol. The molecule has 0 saturated carbocycles. The second-order valence-corrected chi connectivity index (χ2v) is 10.7. The first-order valence-corrected chi connectivity index (χ1v) is 12.1. The highest BCUT2D eigenvalue weighted by molar-refractivity contribution is 7.89. The van der Waals surface area contributed by atoms with Gasteiger partial charge in [-0.2, -0.15) is 4.31 Å². The quantitative estimate of drug-likeness (QED) is 0.721. The molecule has 9 heteroatoms. The fourth-order valence-electron chi connectivity index (χ4n) is 3.27. The Balaban J connectivity index is 1.60. The molecule has 1 aromatic heterocycles. The maximum atomic E-state index is 12.7. The normalized spacial score (nSPS) is 16.7. The molecule has 0 spiro atoms. The van der Waals surface area contributed by atoms with E-state index in [1.54, 1.807) is 39.9 Å². The summed E-state index contributed by atoms with van der Waals surface area (Å²) >= 11 is 1.62. The Morgan fingerprint density at radius 2 is 1.90 bits per heavy atom. The molecular formula is C20H28N4O3S2. The standard InChI is InChI=1S/C20H28N4O3S2/c1-15(23(3)14-18-13-21-16(2)28-18)20(25)22-17-7-9-19(10-8-17)29(26,27)24-11-5-4-6-12-24/h7-10,13,15H,4-6,11-12,14H2,1-3H3,(H,22,25)/t15-/m0/s1. The molecule has 0 aliphatic carbocycles. The predicted molar refractivity (Wildman–Crippen MR) is 115 cm³/mol. The van der Waals surface area contributed by atoms with Gasteiger partial charge < -0.3 is 5.32 Å². The van der Waals surface area contributed by atoms with Gasteiger partial charge in [0.2, 0.25) is 15.9 Å². The zero-order valence-electron chi connectivity index (χ0n) is 17.1. The fraction of sp³-hybridized carbons (Fsp3) is 0.500. The van der Waals surface area contributed by atoms with Gasteiger partial charge in [0.15, 0.2) is 0 Å². The highest BCUT2D eigenvalue weighted by atomic mass is 32.2. The highest BCUT2D eigenvalue weighted by Crippen LogP contribution is 2.22. The number of nitrogens with one attached hydrogen (secondary N) is 1. The molecular weight excluding hydrogens is 408 g/mol. The van der Waals surface area contributed by atoms with Crippen LogP contribution < -0.4 is 5.32 Å². The number of hydrogen-bond acceptors (Lipinski definition) is 6. The van der Waals surface area contributed by atoms with Crippen LogP contribution in [-0.2, 0) is 21.4 Å². The third-order valence-corrected chi connectivity index (χ3v) is 8.00. The summed E-state index contributed by atoms with van der Waals surface area (Å²) in [6.45, 7) is 5.60. The van der Waals surface area contributed by atoms with Gasteiger partial charge >= 0.3 is 0 Å². The third-order valence-electron chi connectivity index (χ3n) is 5.19. The molecule has 1 aromatic carbocycles. The molecule has 0 bridgehead atoms. The number of benzene rings is 1. The van der Waals surface area contributed by atoms with E-state index in [1.807, 2.05) is 32.0 Å². The first-order valence-electron chi connectivity index (χ1n) is 9.80. The molecule has 3 rings (SSSR count). The third kappa shape index (κ3) is 5.42. The van der Waals surface area contributed by atoms with Crippen LogP contribution in [0.2, 0.25) is 0 Å². The smallest absolute Gasteiger partial charge is 0.243 e. The monoisotopic (exact) mass is 436 g/mol. The summed E-state index contributed by atoms with van der Waals surface area (Å²) in [6.07, 6.45) is 4.72. The number of amides is 1. The van der Waals surface area contributed by atoms with Crippen molar-refractivity contribution in [2.75, 3.05) is 25.5 Å². The summed E-state index contributed by atoms with van der Waals surface area (Å²) in [6, 6.07) is 6.08. The molecule has 0 radical (unpaired) electrons. The van der Waals surface area contributed by atoms with Crippen LogP contribution in [0.1, 0.15) is 36.1 Å². The number of aryl methyl sites for hydroxylation is 1. The molecule has 1 saturated heterocycles. The van der Waals surface area contributed by atoms with Gasteiger partial charge in [-0.25, -0.2) is 13.4 Å². The molecule has 29 heavy (non-hydrogen) atoms. The average Bonchev–Trinajstić information content (AvgIpc) is 3.13. The second kappa shape index (κ2) is 9.34. The van der Waals surface area contributed by atoms with E-state index in [-0.39, 0.29) is 16.8 Å². The molecule has 158 valence electrons. The lowest BCUT2D eigenvalue weighted by molar-refractivity contribution is -0.120. The van der Waals surface area contributed by atoms with E-state index in [2.05, 4.69) is 10.3 Å². The van der Waals surface area contributed by atoms with Crippen molar-refractivity contribution in [3.8, 4) is 0 Å². The van der Waals surface area contributed by atoms with Crippen LogP contribution in [0.25, 0.3) is 0 Å². The number of likely N-dealkylation sites (N-methyl/N-ethyl adjacent to an activating group) is 1. The minimum Gasteiger partial charge on any atom is -0.325 e. The number of rotatable bonds is 7. The number of nitrogens with zero attached hydrogens (tertiary/aromatic N) is 3. The van der Waals surface area contributed by atoms with Gasteiger partial charge in [0.25, 0.3) is 0 Å². The van der Waals surface area contributed by atoms with Crippen molar-refractivity contribution >= 4 is 33.0 Å². The number of carbonyl (C=O) groups is 1. The number of carbonyl (C=O) groups excluding carboxylic acids is 1. The number of aromatic nitrogens is 1. The first-order chi connectivity index (χ1) is 13.8. The van der Waals surface area contributed by atoms with Crippen LogP contribution >= 0.6 is 11.3 Å². The van der Waals surface area contributed by atoms with Crippen LogP contribution in [0.3, 0.4) is 0 Å². The number of thiazole rings is 1. The van der Waals surface area contributed by atoms with Crippen molar-refractivity contribution in [3.63, 3.8) is 0 Å². The molecule has 1 fully saturated rings. The van der Waals surface area contributed by atoms with Crippen LogP contribution in [0, 0.1) is 6.92 Å². The molecule has 2 aromatic rings. The van der Waals surface area contributed by atoms with E-state index < -0.39 is 10.0 Å². The Hall–Kier alpha value is -1.81. The van der Waals surface area contributed by atoms with Crippen molar-refractivity contribution in [3.05, 3.63) is 40.3 Å². The van der Waals surface area contributed by atoms with Crippen molar-refractivity contribution in [1.29, 1.82) is 0 Å². The van der Waals surface area contributed by atoms with Gasteiger partial charge in [-0.15, -0.1) is 11.3 Å². The van der Waals surface area contributed by atoms with Gasteiger partial charge in [-0.1, -0.05) is 6.42 Å². The van der Waals surface area contributed by atoms with E-state index in [4.69, 9.17) is 0 Å². The Labute approximate surface area is 176 Å². The lowest BCUT2D eigenvalue weighted by Gasteiger charge is -2.26. The lowest BCUT2D eigenvalue weighted by Crippen LogP contribution is -2.39. The van der Waals surface area contributed by atoms with Crippen molar-refractivity contribution in [2.45, 2.75) is 50.6 Å². The SMILES string of the molecule is Cc1ncc(CN(C)[C@@H](C)C(=O)Nc2ccc(S(=O)(=O)N3CCCCC3)cc2)s1. The van der Waals surface area contributed by atoms with Gasteiger partial charge in [-0.3, -0.25) is 9.69 Å². The Morgan fingerprint density at radius 1 is 1.24 bits per heavy atom. The number of hydrogen-bond donors (Lipinski definition) is 1. The van der Waals surface area contributed by atoms with Crippen LogP contribution in [0.4, 0.5) is 5.69 Å². The zero-order valence-corrected chi connectivity index (χ0v) is 18.7. The highest BCUT2D eigenvalue weighted by Gasteiger charge is 2.26. The number of piperidine rings is 1. The molecule has 7 nitrogen and oxygen atoms in total. The molecule has 0 unspecified atom stereocenters. The lowest BCUT2D eigenvalue weighted by atomic mass is 10.2. The van der Waals surface area contributed by atoms with Gasteiger partial charge in [0.05, 0.1) is 15.9 Å². The van der Waals surface area contributed by atoms with Crippen molar-refractivity contribution in [2.24, 2.45) is 0 Å². The number of anilines is 1. The summed E-state index contributed by atoms with van der Waals surface area (Å²) in [7, 11) is -1.57. The number of sulfonamides is 1. The van der Waals surface area contributed by atoms with E-state index in [9.17, 15) is 13.2 Å². The maximum Gasteiger partial charge on any atom is 0.243 e. The first kappa shape index (κ1) is 21.9. The maximum absolute atomic E-state index is 12.7. The summed E-state index contributed by atoms with van der Waals surface area (Å²) in [5.74, 6) is -0.139. The van der Waals surface area contributed by atoms with E-state index in [0.717, 1.165) is 29.1 Å². The minimum absolute atomic E-state index is 0.139. The summed E-state index contributed by atoms with van der Waals surface area (Å²) in [5, 5.41) is 3.88. The molecule has 1 atom stereocenters. The van der Waals surface area contributed by atoms with Crippen molar-refractivity contribution in [1.82, 2.24) is 14.2 Å².